The largest absolute Gasteiger partial charge is 0.469 e. The Hall–Kier alpha value is -2.93. The molecule has 1 aromatic carbocycles. The lowest BCUT2D eigenvalue weighted by atomic mass is 10.1. The van der Waals surface area contributed by atoms with Gasteiger partial charge in [-0.3, -0.25) is 9.59 Å². The first kappa shape index (κ1) is 18.8. The van der Waals surface area contributed by atoms with E-state index >= 15 is 0 Å². The Labute approximate surface area is 161 Å². The van der Waals surface area contributed by atoms with Crippen LogP contribution in [-0.4, -0.2) is 24.0 Å². The van der Waals surface area contributed by atoms with Crippen LogP contribution < -0.4 is 5.32 Å². The van der Waals surface area contributed by atoms with Crippen molar-refractivity contribution in [2.45, 2.75) is 25.3 Å². The maximum absolute atomic E-state index is 12.3. The van der Waals surface area contributed by atoms with Crippen molar-refractivity contribution in [1.29, 1.82) is 0 Å². The maximum atomic E-state index is 12.3. The van der Waals surface area contributed by atoms with Crippen LogP contribution in [0.4, 0.5) is 0 Å². The van der Waals surface area contributed by atoms with Crippen LogP contribution in [-0.2, 0) is 20.7 Å². The number of rotatable bonds is 8. The minimum atomic E-state index is -0.394. The Morgan fingerprint density at radius 3 is 2.74 bits per heavy atom. The molecule has 140 valence electrons. The summed E-state index contributed by atoms with van der Waals surface area (Å²) < 4.78 is 10.4. The molecule has 0 spiro atoms. The van der Waals surface area contributed by atoms with E-state index in [-0.39, 0.29) is 24.7 Å². The number of aryl methyl sites for hydroxylation is 1. The fourth-order valence-electron chi connectivity index (χ4n) is 2.61. The van der Waals surface area contributed by atoms with Crippen LogP contribution in [0.25, 0.3) is 11.3 Å². The highest BCUT2D eigenvalue weighted by molar-refractivity contribution is 7.10. The van der Waals surface area contributed by atoms with Gasteiger partial charge in [-0.25, -0.2) is 4.98 Å². The molecular weight excluding hydrogens is 364 g/mol. The number of thiophene rings is 1. The molecular formula is C20H20N2O4S. The molecule has 2 heterocycles. The second-order valence-electron chi connectivity index (χ2n) is 5.90. The van der Waals surface area contributed by atoms with Gasteiger partial charge in [0.15, 0.2) is 11.7 Å². The summed E-state index contributed by atoms with van der Waals surface area (Å²) in [5, 5.41) is 4.80. The summed E-state index contributed by atoms with van der Waals surface area (Å²) >= 11 is 1.49. The standard InChI is InChI=1S/C20H20N2O4S/c1-25-20(24)12-15(17-8-5-11-27-17)22-18(23)9-10-19-21-13-16(26-19)14-6-3-2-4-7-14/h2-8,11,13,15H,9-10,12H2,1H3,(H,22,23)/t15-/m0/s1. The van der Waals surface area contributed by atoms with Gasteiger partial charge in [-0.1, -0.05) is 36.4 Å². The summed E-state index contributed by atoms with van der Waals surface area (Å²) in [4.78, 5) is 29.1. The van der Waals surface area contributed by atoms with Gasteiger partial charge in [-0.05, 0) is 11.4 Å². The van der Waals surface area contributed by atoms with Gasteiger partial charge >= 0.3 is 5.97 Å². The lowest BCUT2D eigenvalue weighted by Crippen LogP contribution is -2.30. The van der Waals surface area contributed by atoms with Gasteiger partial charge in [0.25, 0.3) is 0 Å². The molecule has 0 aliphatic rings. The van der Waals surface area contributed by atoms with Crippen molar-refractivity contribution in [3.8, 4) is 11.3 Å². The number of methoxy groups -OCH3 is 1. The van der Waals surface area contributed by atoms with E-state index in [2.05, 4.69) is 10.3 Å². The van der Waals surface area contributed by atoms with Crippen molar-refractivity contribution < 1.29 is 18.7 Å². The SMILES string of the molecule is COC(=O)C[C@H](NC(=O)CCc1ncc(-c2ccccc2)o1)c1cccs1. The molecule has 7 heteroatoms. The van der Waals surface area contributed by atoms with E-state index in [9.17, 15) is 9.59 Å². The highest BCUT2D eigenvalue weighted by Gasteiger charge is 2.20. The van der Waals surface area contributed by atoms with Gasteiger partial charge < -0.3 is 14.5 Å². The number of nitrogens with zero attached hydrogens (tertiary/aromatic N) is 1. The molecule has 0 unspecified atom stereocenters. The van der Waals surface area contributed by atoms with Crippen LogP contribution >= 0.6 is 11.3 Å². The molecule has 3 rings (SSSR count). The van der Waals surface area contributed by atoms with Gasteiger partial charge in [0.05, 0.1) is 25.8 Å². The number of hydrogen-bond acceptors (Lipinski definition) is 6. The smallest absolute Gasteiger partial charge is 0.307 e. The summed E-state index contributed by atoms with van der Waals surface area (Å²) in [7, 11) is 1.34. The predicted octanol–water partition coefficient (Wildman–Crippen LogP) is 3.76. The molecule has 0 saturated carbocycles. The molecule has 0 bridgehead atoms. The molecule has 0 fully saturated rings. The van der Waals surface area contributed by atoms with Crippen molar-refractivity contribution >= 4 is 23.2 Å². The molecule has 0 aliphatic heterocycles. The fraction of sp³-hybridized carbons (Fsp3) is 0.250. The summed E-state index contributed by atoms with van der Waals surface area (Å²) in [6, 6.07) is 13.0. The Bertz CT molecular complexity index is 875. The highest BCUT2D eigenvalue weighted by atomic mass is 32.1. The third-order valence-electron chi connectivity index (χ3n) is 4.00. The topological polar surface area (TPSA) is 81.4 Å². The lowest BCUT2D eigenvalue weighted by molar-refractivity contribution is -0.141. The molecule has 0 saturated heterocycles. The number of esters is 1. The van der Waals surface area contributed by atoms with Crippen LogP contribution in [0.5, 0.6) is 0 Å². The highest BCUT2D eigenvalue weighted by Crippen LogP contribution is 2.23. The van der Waals surface area contributed by atoms with Crippen LogP contribution in [0.2, 0.25) is 0 Å². The second kappa shape index (κ2) is 9.14. The number of carbonyl (C=O) groups is 2. The fourth-order valence-corrected chi connectivity index (χ4v) is 3.39. The Morgan fingerprint density at radius 1 is 1.22 bits per heavy atom. The molecule has 1 amide bonds. The van der Waals surface area contributed by atoms with Crippen LogP contribution in [0.1, 0.15) is 29.7 Å². The van der Waals surface area contributed by atoms with E-state index in [1.165, 1.54) is 18.4 Å². The zero-order valence-electron chi connectivity index (χ0n) is 14.9. The number of nitrogens with one attached hydrogen (secondary N) is 1. The molecule has 1 N–H and O–H groups in total. The zero-order chi connectivity index (χ0) is 19.1. The van der Waals surface area contributed by atoms with Crippen molar-refractivity contribution in [1.82, 2.24) is 10.3 Å². The summed E-state index contributed by atoms with van der Waals surface area (Å²) in [6.07, 6.45) is 2.36. The first-order valence-electron chi connectivity index (χ1n) is 8.55. The van der Waals surface area contributed by atoms with Crippen molar-refractivity contribution in [2.24, 2.45) is 0 Å². The predicted molar refractivity (Wildman–Crippen MR) is 102 cm³/mol. The summed E-state index contributed by atoms with van der Waals surface area (Å²) in [5.74, 6) is 0.642. The third-order valence-corrected chi connectivity index (χ3v) is 4.98. The number of amides is 1. The van der Waals surface area contributed by atoms with Gasteiger partial charge in [-0.2, -0.15) is 0 Å². The lowest BCUT2D eigenvalue weighted by Gasteiger charge is -2.16. The molecule has 6 nitrogen and oxygen atoms in total. The van der Waals surface area contributed by atoms with Crippen LogP contribution in [0, 0.1) is 0 Å². The quantitative estimate of drug-likeness (QED) is 0.598. The van der Waals surface area contributed by atoms with Gasteiger partial charge in [0.2, 0.25) is 5.91 Å². The van der Waals surface area contributed by atoms with E-state index in [1.807, 2.05) is 47.8 Å². The minimum Gasteiger partial charge on any atom is -0.469 e. The van der Waals surface area contributed by atoms with Crippen molar-refractivity contribution in [2.75, 3.05) is 7.11 Å². The maximum Gasteiger partial charge on any atom is 0.307 e. The van der Waals surface area contributed by atoms with Gasteiger partial charge in [0, 0.05) is 23.3 Å². The number of ether oxygens (including phenoxy) is 1. The third kappa shape index (κ3) is 5.27. The van der Waals surface area contributed by atoms with E-state index in [4.69, 9.17) is 9.15 Å². The first-order valence-corrected chi connectivity index (χ1v) is 9.43. The van der Waals surface area contributed by atoms with Gasteiger partial charge in [-0.15, -0.1) is 11.3 Å². The molecule has 2 aromatic heterocycles. The Balaban J connectivity index is 1.57. The average Bonchev–Trinajstić information content (AvgIpc) is 3.38. The second-order valence-corrected chi connectivity index (χ2v) is 6.88. The molecule has 3 aromatic rings. The molecule has 1 atom stereocenters. The Morgan fingerprint density at radius 2 is 2.04 bits per heavy atom. The molecule has 0 radical (unpaired) electrons. The minimum absolute atomic E-state index is 0.0971. The van der Waals surface area contributed by atoms with Crippen molar-refractivity contribution in [3.63, 3.8) is 0 Å². The molecule has 0 aliphatic carbocycles. The number of benzene rings is 1. The number of carbonyl (C=O) groups excluding carboxylic acids is 2. The number of oxazole rings is 1. The monoisotopic (exact) mass is 384 g/mol. The van der Waals surface area contributed by atoms with E-state index in [0.29, 0.717) is 18.1 Å². The Kier molecular flexibility index (Phi) is 6.38. The summed E-state index contributed by atoms with van der Waals surface area (Å²) in [6.45, 7) is 0. The van der Waals surface area contributed by atoms with E-state index in [0.717, 1.165) is 10.4 Å². The first-order chi connectivity index (χ1) is 13.2. The zero-order valence-corrected chi connectivity index (χ0v) is 15.7. The molecule has 27 heavy (non-hydrogen) atoms. The normalized spacial score (nSPS) is 11.7. The summed E-state index contributed by atoms with van der Waals surface area (Å²) in [5.41, 5.74) is 0.941. The number of hydrogen-bond donors (Lipinski definition) is 1. The average molecular weight is 384 g/mol. The van der Waals surface area contributed by atoms with Crippen LogP contribution in [0.15, 0.2) is 58.5 Å². The van der Waals surface area contributed by atoms with E-state index in [1.54, 1.807) is 6.20 Å². The van der Waals surface area contributed by atoms with Crippen molar-refractivity contribution in [3.05, 3.63) is 64.8 Å². The van der Waals surface area contributed by atoms with Gasteiger partial charge in [0.1, 0.15) is 0 Å². The van der Waals surface area contributed by atoms with Crippen LogP contribution in [0.3, 0.4) is 0 Å². The number of aromatic nitrogens is 1. The van der Waals surface area contributed by atoms with E-state index < -0.39 is 6.04 Å².